The largest absolute Gasteiger partial charge is 0.489 e. The molecule has 0 saturated carbocycles. The SMILES string of the molecule is O=C1C[C@H](Cc2ccccc2)C(=O)N[C@H](C(=O)O)CCC(=O)N(CCc2ccccc2)C/C=C/COc2cc(Cl)ccc21. The number of nitrogens with zero attached hydrogens (tertiary/aromatic N) is 1. The van der Waals surface area contributed by atoms with Crippen molar-refractivity contribution in [1.82, 2.24) is 10.2 Å². The Morgan fingerprint density at radius 3 is 2.35 bits per heavy atom. The predicted octanol–water partition coefficient (Wildman–Crippen LogP) is 5.14. The Morgan fingerprint density at radius 1 is 0.953 bits per heavy atom. The molecule has 0 radical (unpaired) electrons. The van der Waals surface area contributed by atoms with Crippen LogP contribution in [-0.4, -0.2) is 59.3 Å². The minimum absolute atomic E-state index is 0.0669. The van der Waals surface area contributed by atoms with Gasteiger partial charge in [0.1, 0.15) is 18.4 Å². The highest BCUT2D eigenvalue weighted by Gasteiger charge is 2.29. The van der Waals surface area contributed by atoms with Crippen LogP contribution >= 0.6 is 11.6 Å². The molecule has 0 aliphatic carbocycles. The standard InChI is InChI=1S/C34H35ClN2O6/c35-27-13-14-28-30(38)22-26(21-25-11-5-2-6-12-25)33(40)36-29(34(41)42)15-16-32(39)37(18-7-8-20-43-31(28)23-27)19-17-24-9-3-1-4-10-24/h1-14,23,26,29H,15-22H2,(H,36,40)(H,41,42)/b8-7+/t26-,29-/m0/s1. The number of ketones is 1. The van der Waals surface area contributed by atoms with E-state index in [4.69, 9.17) is 16.3 Å². The molecular formula is C34H35ClN2O6. The fourth-order valence-corrected chi connectivity index (χ4v) is 5.11. The molecule has 0 fully saturated rings. The van der Waals surface area contributed by atoms with Gasteiger partial charge in [0.15, 0.2) is 5.78 Å². The lowest BCUT2D eigenvalue weighted by molar-refractivity contribution is -0.143. The summed E-state index contributed by atoms with van der Waals surface area (Å²) >= 11 is 6.21. The maximum absolute atomic E-state index is 13.5. The first-order valence-corrected chi connectivity index (χ1v) is 14.7. The molecule has 1 aliphatic rings. The summed E-state index contributed by atoms with van der Waals surface area (Å²) in [6, 6.07) is 22.4. The second-order valence-corrected chi connectivity index (χ2v) is 10.9. The fraction of sp³-hybridized carbons (Fsp3) is 0.294. The van der Waals surface area contributed by atoms with Gasteiger partial charge in [0, 0.05) is 36.9 Å². The lowest BCUT2D eigenvalue weighted by Crippen LogP contribution is -2.45. The van der Waals surface area contributed by atoms with Crippen molar-refractivity contribution in [3.8, 4) is 5.75 Å². The third-order valence-electron chi connectivity index (χ3n) is 7.33. The number of ether oxygens (including phenoxy) is 1. The van der Waals surface area contributed by atoms with Gasteiger partial charge in [-0.15, -0.1) is 0 Å². The first-order valence-electron chi connectivity index (χ1n) is 14.3. The molecule has 2 atom stereocenters. The van der Waals surface area contributed by atoms with Gasteiger partial charge in [0.05, 0.1) is 5.56 Å². The number of carbonyl (C=O) groups excluding carboxylic acids is 3. The lowest BCUT2D eigenvalue weighted by atomic mass is 9.90. The molecule has 1 heterocycles. The Morgan fingerprint density at radius 2 is 1.65 bits per heavy atom. The highest BCUT2D eigenvalue weighted by atomic mass is 35.5. The topological polar surface area (TPSA) is 113 Å². The molecular weight excluding hydrogens is 568 g/mol. The normalized spacial score (nSPS) is 19.5. The van der Waals surface area contributed by atoms with Crippen LogP contribution in [-0.2, 0) is 27.2 Å². The number of Topliss-reactive ketones (excluding diaryl/α,β-unsaturated/α-hetero) is 1. The number of benzene rings is 3. The van der Waals surface area contributed by atoms with Crippen molar-refractivity contribution in [2.24, 2.45) is 5.92 Å². The molecule has 0 spiro atoms. The molecule has 8 nitrogen and oxygen atoms in total. The Kier molecular flexibility index (Phi) is 11.5. The van der Waals surface area contributed by atoms with E-state index in [1.807, 2.05) is 60.7 Å². The van der Waals surface area contributed by atoms with Gasteiger partial charge in [-0.3, -0.25) is 14.4 Å². The second kappa shape index (κ2) is 15.7. The molecule has 0 bridgehead atoms. The molecule has 2 amide bonds. The van der Waals surface area contributed by atoms with Gasteiger partial charge in [-0.05, 0) is 54.7 Å². The van der Waals surface area contributed by atoms with E-state index in [0.29, 0.717) is 24.5 Å². The number of fused-ring (bicyclic) bond motifs is 1. The lowest BCUT2D eigenvalue weighted by Gasteiger charge is -2.23. The van der Waals surface area contributed by atoms with Crippen LogP contribution in [0.5, 0.6) is 5.75 Å². The molecule has 0 aromatic heterocycles. The number of rotatable bonds is 6. The van der Waals surface area contributed by atoms with E-state index in [9.17, 15) is 24.3 Å². The van der Waals surface area contributed by atoms with E-state index in [2.05, 4.69) is 5.32 Å². The van der Waals surface area contributed by atoms with Crippen molar-refractivity contribution in [2.45, 2.75) is 38.1 Å². The molecule has 0 unspecified atom stereocenters. The van der Waals surface area contributed by atoms with Crippen LogP contribution in [0.25, 0.3) is 0 Å². The Hall–Kier alpha value is -4.43. The number of carboxylic acids is 1. The molecule has 4 rings (SSSR count). The molecule has 0 saturated heterocycles. The van der Waals surface area contributed by atoms with Crippen molar-refractivity contribution in [3.63, 3.8) is 0 Å². The Balaban J connectivity index is 1.61. The van der Waals surface area contributed by atoms with Gasteiger partial charge in [0.25, 0.3) is 0 Å². The zero-order valence-corrected chi connectivity index (χ0v) is 24.5. The third-order valence-corrected chi connectivity index (χ3v) is 7.56. The van der Waals surface area contributed by atoms with Gasteiger partial charge in [-0.1, -0.05) is 78.3 Å². The molecule has 9 heteroatoms. The van der Waals surface area contributed by atoms with Crippen molar-refractivity contribution in [2.75, 3.05) is 19.7 Å². The predicted molar refractivity (Wildman–Crippen MR) is 164 cm³/mol. The van der Waals surface area contributed by atoms with Crippen molar-refractivity contribution in [1.29, 1.82) is 0 Å². The first kappa shape index (κ1) is 31.5. The molecule has 43 heavy (non-hydrogen) atoms. The highest BCUT2D eigenvalue weighted by Crippen LogP contribution is 2.27. The maximum Gasteiger partial charge on any atom is 0.326 e. The van der Waals surface area contributed by atoms with Gasteiger partial charge < -0.3 is 20.1 Å². The summed E-state index contributed by atoms with van der Waals surface area (Å²) in [4.78, 5) is 54.1. The molecule has 1 aliphatic heterocycles. The summed E-state index contributed by atoms with van der Waals surface area (Å²) in [5.74, 6) is -2.93. The van der Waals surface area contributed by atoms with E-state index < -0.39 is 23.8 Å². The number of nitrogens with one attached hydrogen (secondary N) is 1. The Labute approximate surface area is 256 Å². The summed E-state index contributed by atoms with van der Waals surface area (Å²) in [6.07, 6.45) is 4.10. The third kappa shape index (κ3) is 9.54. The van der Waals surface area contributed by atoms with Crippen LogP contribution in [0, 0.1) is 5.92 Å². The number of amides is 2. The number of aliphatic carboxylic acids is 1. The van der Waals surface area contributed by atoms with Crippen molar-refractivity contribution in [3.05, 3.63) is 113 Å². The van der Waals surface area contributed by atoms with Crippen LogP contribution in [0.1, 0.15) is 40.7 Å². The van der Waals surface area contributed by atoms with Crippen LogP contribution in [0.2, 0.25) is 5.02 Å². The van der Waals surface area contributed by atoms with Crippen molar-refractivity contribution < 1.29 is 29.0 Å². The first-order chi connectivity index (χ1) is 20.8. The van der Waals surface area contributed by atoms with Crippen LogP contribution < -0.4 is 10.1 Å². The molecule has 3 aromatic rings. The quantitative estimate of drug-likeness (QED) is 0.378. The fourth-order valence-electron chi connectivity index (χ4n) is 4.94. The zero-order chi connectivity index (χ0) is 30.6. The maximum atomic E-state index is 13.5. The summed E-state index contributed by atoms with van der Waals surface area (Å²) < 4.78 is 5.91. The summed E-state index contributed by atoms with van der Waals surface area (Å²) in [5.41, 5.74) is 2.18. The minimum atomic E-state index is -1.29. The van der Waals surface area contributed by atoms with Crippen LogP contribution in [0.15, 0.2) is 91.0 Å². The van der Waals surface area contributed by atoms with Gasteiger partial charge >= 0.3 is 5.97 Å². The number of halogens is 1. The van der Waals surface area contributed by atoms with Crippen molar-refractivity contribution >= 4 is 35.2 Å². The smallest absolute Gasteiger partial charge is 0.326 e. The molecule has 3 aromatic carbocycles. The average Bonchev–Trinajstić information content (AvgIpc) is 3.00. The highest BCUT2D eigenvalue weighted by molar-refractivity contribution is 6.30. The van der Waals surface area contributed by atoms with Crippen LogP contribution in [0.4, 0.5) is 0 Å². The van der Waals surface area contributed by atoms with Gasteiger partial charge in [-0.2, -0.15) is 0 Å². The average molecular weight is 603 g/mol. The summed E-state index contributed by atoms with van der Waals surface area (Å²) in [5, 5.41) is 12.9. The van der Waals surface area contributed by atoms with E-state index in [1.165, 1.54) is 0 Å². The molecule has 2 N–H and O–H groups in total. The molecule has 224 valence electrons. The number of carbonyl (C=O) groups is 4. The number of hydrogen-bond donors (Lipinski definition) is 2. The minimum Gasteiger partial charge on any atom is -0.489 e. The summed E-state index contributed by atoms with van der Waals surface area (Å²) in [6.45, 7) is 0.861. The number of hydrogen-bond acceptors (Lipinski definition) is 5. The second-order valence-electron chi connectivity index (χ2n) is 10.5. The van der Waals surface area contributed by atoms with E-state index in [-0.39, 0.29) is 55.3 Å². The summed E-state index contributed by atoms with van der Waals surface area (Å²) in [7, 11) is 0. The zero-order valence-electron chi connectivity index (χ0n) is 23.8. The number of carboxylic acid groups (broad SMARTS) is 1. The van der Waals surface area contributed by atoms with E-state index in [1.54, 1.807) is 35.3 Å². The van der Waals surface area contributed by atoms with Gasteiger partial charge in [-0.25, -0.2) is 4.79 Å². The Bertz CT molecular complexity index is 1440. The van der Waals surface area contributed by atoms with Crippen LogP contribution in [0.3, 0.4) is 0 Å². The van der Waals surface area contributed by atoms with Gasteiger partial charge in [0.2, 0.25) is 11.8 Å². The monoisotopic (exact) mass is 602 g/mol. The van der Waals surface area contributed by atoms with E-state index in [0.717, 1.165) is 11.1 Å². The van der Waals surface area contributed by atoms with E-state index >= 15 is 0 Å².